The van der Waals surface area contributed by atoms with Gasteiger partial charge in [-0.2, -0.15) is 0 Å². The molecule has 0 aromatic rings. The minimum atomic E-state index is -0.0996. The average molecular weight is 327 g/mol. The minimum absolute atomic E-state index is 0.0996. The first-order chi connectivity index (χ1) is 11.2. The highest BCUT2D eigenvalue weighted by atomic mass is 16.5. The van der Waals surface area contributed by atoms with Crippen molar-refractivity contribution in [3.63, 3.8) is 0 Å². The highest BCUT2D eigenvalue weighted by Crippen LogP contribution is 2.12. The molecule has 3 nitrogen and oxygen atoms in total. The molecule has 0 aromatic carbocycles. The normalized spacial score (nSPS) is 12.7. The number of carbonyl (C=O) groups is 1. The van der Waals surface area contributed by atoms with E-state index in [0.29, 0.717) is 6.42 Å². The van der Waals surface area contributed by atoms with E-state index in [0.717, 1.165) is 32.1 Å². The molecule has 23 heavy (non-hydrogen) atoms. The van der Waals surface area contributed by atoms with Crippen molar-refractivity contribution in [2.45, 2.75) is 96.5 Å². The number of methoxy groups -OCH3 is 2. The molecule has 0 aliphatic rings. The van der Waals surface area contributed by atoms with Gasteiger partial charge in [0, 0.05) is 13.5 Å². The SMILES string of the molecule is CCCCCCCC/C=C/C(CCCCCCC(=O)OC)OC. The number of rotatable bonds is 16. The summed E-state index contributed by atoms with van der Waals surface area (Å²) in [5.74, 6) is -0.0996. The molecule has 0 aromatic heterocycles. The van der Waals surface area contributed by atoms with Crippen LogP contribution in [0.5, 0.6) is 0 Å². The van der Waals surface area contributed by atoms with E-state index in [4.69, 9.17) is 4.74 Å². The van der Waals surface area contributed by atoms with E-state index in [1.165, 1.54) is 52.1 Å². The molecule has 0 spiro atoms. The molecule has 3 heteroatoms. The zero-order valence-corrected chi connectivity index (χ0v) is 15.6. The third kappa shape index (κ3) is 15.8. The van der Waals surface area contributed by atoms with Gasteiger partial charge in [-0.15, -0.1) is 0 Å². The topological polar surface area (TPSA) is 35.5 Å². The second kappa shape index (κ2) is 17.5. The van der Waals surface area contributed by atoms with Crippen molar-refractivity contribution in [2.24, 2.45) is 0 Å². The second-order valence-electron chi connectivity index (χ2n) is 6.29. The highest BCUT2D eigenvalue weighted by Gasteiger charge is 2.03. The van der Waals surface area contributed by atoms with Gasteiger partial charge in [0.2, 0.25) is 0 Å². The van der Waals surface area contributed by atoms with E-state index >= 15 is 0 Å². The number of carbonyl (C=O) groups excluding carboxylic acids is 1. The van der Waals surface area contributed by atoms with Crippen LogP contribution in [0.25, 0.3) is 0 Å². The van der Waals surface area contributed by atoms with Gasteiger partial charge in [0.1, 0.15) is 0 Å². The number of allylic oxidation sites excluding steroid dienone is 1. The molecule has 0 fully saturated rings. The van der Waals surface area contributed by atoms with Crippen LogP contribution in [0.4, 0.5) is 0 Å². The molecule has 0 aliphatic carbocycles. The summed E-state index contributed by atoms with van der Waals surface area (Å²) >= 11 is 0. The number of unbranched alkanes of at least 4 members (excludes halogenated alkanes) is 9. The van der Waals surface area contributed by atoms with Gasteiger partial charge in [-0.1, -0.05) is 70.4 Å². The molecule has 0 bridgehead atoms. The van der Waals surface area contributed by atoms with Crippen LogP contribution in [0.15, 0.2) is 12.2 Å². The Balaban J connectivity index is 3.50. The van der Waals surface area contributed by atoms with E-state index in [1.807, 2.05) is 0 Å². The zero-order valence-electron chi connectivity index (χ0n) is 15.6. The van der Waals surface area contributed by atoms with Crippen LogP contribution in [-0.4, -0.2) is 26.3 Å². The van der Waals surface area contributed by atoms with Gasteiger partial charge < -0.3 is 9.47 Å². The van der Waals surface area contributed by atoms with E-state index in [2.05, 4.69) is 23.8 Å². The Labute approximate surface area is 143 Å². The minimum Gasteiger partial charge on any atom is -0.469 e. The van der Waals surface area contributed by atoms with Crippen LogP contribution in [0.1, 0.15) is 90.4 Å². The summed E-state index contributed by atoms with van der Waals surface area (Å²) in [5.41, 5.74) is 0. The van der Waals surface area contributed by atoms with Crippen LogP contribution < -0.4 is 0 Å². The second-order valence-corrected chi connectivity index (χ2v) is 6.29. The predicted molar refractivity (Wildman–Crippen MR) is 97.6 cm³/mol. The van der Waals surface area contributed by atoms with Crippen molar-refractivity contribution in [1.29, 1.82) is 0 Å². The summed E-state index contributed by atoms with van der Waals surface area (Å²) in [4.78, 5) is 11.0. The van der Waals surface area contributed by atoms with Crippen LogP contribution in [-0.2, 0) is 14.3 Å². The van der Waals surface area contributed by atoms with Crippen LogP contribution >= 0.6 is 0 Å². The monoisotopic (exact) mass is 326 g/mol. The molecule has 1 unspecified atom stereocenters. The van der Waals surface area contributed by atoms with E-state index in [1.54, 1.807) is 7.11 Å². The number of ether oxygens (including phenoxy) is 2. The van der Waals surface area contributed by atoms with Crippen molar-refractivity contribution in [2.75, 3.05) is 14.2 Å². The lowest BCUT2D eigenvalue weighted by Crippen LogP contribution is -2.06. The summed E-state index contributed by atoms with van der Waals surface area (Å²) in [6, 6.07) is 0. The molecule has 0 saturated heterocycles. The van der Waals surface area contributed by atoms with Gasteiger partial charge in [-0.05, 0) is 25.7 Å². The molecule has 0 saturated carbocycles. The third-order valence-corrected chi connectivity index (χ3v) is 4.23. The molecule has 0 N–H and O–H groups in total. The largest absolute Gasteiger partial charge is 0.469 e. The van der Waals surface area contributed by atoms with E-state index in [-0.39, 0.29) is 12.1 Å². The Morgan fingerprint density at radius 2 is 1.57 bits per heavy atom. The van der Waals surface area contributed by atoms with Gasteiger partial charge in [-0.25, -0.2) is 0 Å². The van der Waals surface area contributed by atoms with Crippen molar-refractivity contribution in [1.82, 2.24) is 0 Å². The molecule has 0 heterocycles. The lowest BCUT2D eigenvalue weighted by molar-refractivity contribution is -0.140. The van der Waals surface area contributed by atoms with Gasteiger partial charge in [0.05, 0.1) is 13.2 Å². The molecule has 0 amide bonds. The Morgan fingerprint density at radius 3 is 2.26 bits per heavy atom. The maximum absolute atomic E-state index is 11.0. The first-order valence-electron chi connectivity index (χ1n) is 9.50. The Hall–Kier alpha value is -0.830. The van der Waals surface area contributed by atoms with Crippen LogP contribution in [0.3, 0.4) is 0 Å². The fourth-order valence-electron chi connectivity index (χ4n) is 2.65. The molecular weight excluding hydrogens is 288 g/mol. The van der Waals surface area contributed by atoms with Gasteiger partial charge >= 0.3 is 5.97 Å². The first kappa shape index (κ1) is 22.2. The molecule has 1 atom stereocenters. The van der Waals surface area contributed by atoms with Gasteiger partial charge in [-0.3, -0.25) is 4.79 Å². The molecule has 136 valence electrons. The van der Waals surface area contributed by atoms with Crippen LogP contribution in [0, 0.1) is 0 Å². The van der Waals surface area contributed by atoms with E-state index < -0.39 is 0 Å². The smallest absolute Gasteiger partial charge is 0.305 e. The quantitative estimate of drug-likeness (QED) is 0.204. The lowest BCUT2D eigenvalue weighted by atomic mass is 10.1. The molecule has 0 radical (unpaired) electrons. The predicted octanol–water partition coefficient (Wildman–Crippen LogP) is 5.82. The fourth-order valence-corrected chi connectivity index (χ4v) is 2.65. The van der Waals surface area contributed by atoms with Crippen LogP contribution in [0.2, 0.25) is 0 Å². The lowest BCUT2D eigenvalue weighted by Gasteiger charge is -2.10. The Kier molecular flexibility index (Phi) is 16.9. The summed E-state index contributed by atoms with van der Waals surface area (Å²) in [7, 11) is 3.24. The molecule has 0 aliphatic heterocycles. The average Bonchev–Trinajstić information content (AvgIpc) is 2.57. The first-order valence-corrected chi connectivity index (χ1v) is 9.50. The standard InChI is InChI=1S/C20H38O3/c1-4-5-6-7-8-9-10-13-16-19(22-2)17-14-11-12-15-18-20(21)23-3/h13,16,19H,4-12,14-15,17-18H2,1-3H3/b16-13+. The van der Waals surface area contributed by atoms with Gasteiger partial charge in [0.25, 0.3) is 0 Å². The number of hydrogen-bond donors (Lipinski definition) is 0. The van der Waals surface area contributed by atoms with Crippen molar-refractivity contribution in [3.05, 3.63) is 12.2 Å². The maximum Gasteiger partial charge on any atom is 0.305 e. The number of esters is 1. The molecular formula is C20H38O3. The Bertz CT molecular complexity index is 287. The fraction of sp³-hybridized carbons (Fsp3) is 0.850. The highest BCUT2D eigenvalue weighted by molar-refractivity contribution is 5.68. The summed E-state index contributed by atoms with van der Waals surface area (Å²) < 4.78 is 10.1. The third-order valence-electron chi connectivity index (χ3n) is 4.23. The Morgan fingerprint density at radius 1 is 0.913 bits per heavy atom. The summed E-state index contributed by atoms with van der Waals surface area (Å²) in [5, 5.41) is 0. The molecule has 0 rings (SSSR count). The van der Waals surface area contributed by atoms with E-state index in [9.17, 15) is 4.79 Å². The zero-order chi connectivity index (χ0) is 17.2. The summed E-state index contributed by atoms with van der Waals surface area (Å²) in [6.45, 7) is 2.26. The van der Waals surface area contributed by atoms with Crippen molar-refractivity contribution in [3.8, 4) is 0 Å². The maximum atomic E-state index is 11.0. The van der Waals surface area contributed by atoms with Crippen molar-refractivity contribution >= 4 is 5.97 Å². The van der Waals surface area contributed by atoms with Gasteiger partial charge in [0.15, 0.2) is 0 Å². The number of hydrogen-bond acceptors (Lipinski definition) is 3. The summed E-state index contributed by atoms with van der Waals surface area (Å²) in [6.07, 6.45) is 20.0. The van der Waals surface area contributed by atoms with Crippen molar-refractivity contribution < 1.29 is 14.3 Å².